The Bertz CT molecular complexity index is 1190. The van der Waals surface area contributed by atoms with E-state index in [9.17, 15) is 18.0 Å². The molecule has 0 atom stereocenters. The zero-order valence-electron chi connectivity index (χ0n) is 15.4. The first-order chi connectivity index (χ1) is 13.9. The fourth-order valence-electron chi connectivity index (χ4n) is 2.99. The summed E-state index contributed by atoms with van der Waals surface area (Å²) in [5, 5.41) is 0. The van der Waals surface area contributed by atoms with Crippen LogP contribution in [0, 0.1) is 6.92 Å². The minimum Gasteiger partial charge on any atom is -0.268 e. The van der Waals surface area contributed by atoms with Crippen molar-refractivity contribution in [3.05, 3.63) is 83.3 Å². The highest BCUT2D eigenvalue weighted by Gasteiger charge is 2.36. The van der Waals surface area contributed by atoms with Gasteiger partial charge in [-0.2, -0.15) is 0 Å². The van der Waals surface area contributed by atoms with E-state index in [0.29, 0.717) is 11.1 Å². The molecular formula is C20H16N4O4S. The zero-order chi connectivity index (χ0) is 20.6. The van der Waals surface area contributed by atoms with Crippen molar-refractivity contribution in [2.45, 2.75) is 18.4 Å². The Morgan fingerprint density at radius 3 is 2.31 bits per heavy atom. The molecule has 3 heterocycles. The molecule has 146 valence electrons. The monoisotopic (exact) mass is 408 g/mol. The van der Waals surface area contributed by atoms with Gasteiger partial charge in [0.05, 0.1) is 17.0 Å². The van der Waals surface area contributed by atoms with Crippen molar-refractivity contribution in [1.82, 2.24) is 14.9 Å². The van der Waals surface area contributed by atoms with E-state index < -0.39 is 21.8 Å². The first kappa shape index (κ1) is 18.8. The summed E-state index contributed by atoms with van der Waals surface area (Å²) in [6, 6.07) is 12.6. The molecule has 0 fully saturated rings. The second-order valence-corrected chi connectivity index (χ2v) is 8.20. The number of nitrogens with one attached hydrogen (secondary N) is 1. The summed E-state index contributed by atoms with van der Waals surface area (Å²) in [5.41, 5.74) is 1.72. The molecule has 0 spiro atoms. The topological polar surface area (TPSA) is 109 Å². The van der Waals surface area contributed by atoms with Crippen LogP contribution < -0.4 is 4.72 Å². The van der Waals surface area contributed by atoms with Gasteiger partial charge in [-0.3, -0.25) is 24.2 Å². The molecule has 0 saturated heterocycles. The average molecular weight is 408 g/mol. The Kier molecular flexibility index (Phi) is 4.59. The van der Waals surface area contributed by atoms with E-state index in [4.69, 9.17) is 0 Å². The van der Waals surface area contributed by atoms with E-state index in [1.54, 1.807) is 43.3 Å². The Balaban J connectivity index is 1.52. The number of anilines is 1. The summed E-state index contributed by atoms with van der Waals surface area (Å²) < 4.78 is 27.6. The molecule has 4 rings (SSSR count). The standard InChI is InChI=1S/C20H16N4O4S/c1-13-4-2-11-22-18(13)23-29(27,28)15-8-6-14(7-9-15)12-24-19(25)16-5-3-10-21-17(16)20(24)26/h2-11H,12H2,1H3,(H,22,23). The fourth-order valence-corrected chi connectivity index (χ4v) is 4.07. The van der Waals surface area contributed by atoms with Gasteiger partial charge in [0.2, 0.25) is 0 Å². The third-order valence-electron chi connectivity index (χ3n) is 4.55. The maximum atomic E-state index is 12.6. The van der Waals surface area contributed by atoms with Crippen LogP contribution in [0.15, 0.2) is 65.8 Å². The number of carbonyl (C=O) groups is 2. The number of carbonyl (C=O) groups excluding carboxylic acids is 2. The number of fused-ring (bicyclic) bond motifs is 1. The number of imide groups is 1. The zero-order valence-corrected chi connectivity index (χ0v) is 16.2. The third kappa shape index (κ3) is 3.47. The van der Waals surface area contributed by atoms with Crippen LogP contribution in [0.5, 0.6) is 0 Å². The Labute approximate surface area is 167 Å². The average Bonchev–Trinajstić information content (AvgIpc) is 2.95. The second-order valence-electron chi connectivity index (χ2n) is 6.51. The number of benzene rings is 1. The van der Waals surface area contributed by atoms with E-state index in [-0.39, 0.29) is 28.5 Å². The summed E-state index contributed by atoms with van der Waals surface area (Å²) in [5.74, 6) is -0.619. The Hall–Kier alpha value is -3.59. The smallest absolute Gasteiger partial charge is 0.268 e. The number of pyridine rings is 2. The maximum Gasteiger partial charge on any atom is 0.280 e. The van der Waals surface area contributed by atoms with Gasteiger partial charge in [-0.25, -0.2) is 13.4 Å². The van der Waals surface area contributed by atoms with E-state index >= 15 is 0 Å². The summed E-state index contributed by atoms with van der Waals surface area (Å²) >= 11 is 0. The van der Waals surface area contributed by atoms with Crippen LogP contribution in [-0.2, 0) is 16.6 Å². The van der Waals surface area contributed by atoms with Crippen LogP contribution in [0.2, 0.25) is 0 Å². The number of hydrogen-bond donors (Lipinski definition) is 1. The number of amides is 2. The molecule has 8 nitrogen and oxygen atoms in total. The minimum absolute atomic E-state index is 0.0289. The molecule has 29 heavy (non-hydrogen) atoms. The molecule has 2 aromatic heterocycles. The molecule has 0 unspecified atom stereocenters. The van der Waals surface area contributed by atoms with Gasteiger partial charge in [0.1, 0.15) is 11.5 Å². The van der Waals surface area contributed by atoms with E-state index in [1.807, 2.05) is 0 Å². The highest BCUT2D eigenvalue weighted by atomic mass is 32.2. The lowest BCUT2D eigenvalue weighted by Crippen LogP contribution is -2.29. The first-order valence-corrected chi connectivity index (χ1v) is 10.2. The summed E-state index contributed by atoms with van der Waals surface area (Å²) in [6.45, 7) is 1.78. The SMILES string of the molecule is Cc1cccnc1NS(=O)(=O)c1ccc(CN2C(=O)c3cccnc3C2=O)cc1. The number of nitrogens with zero attached hydrogens (tertiary/aromatic N) is 3. The van der Waals surface area contributed by atoms with Crippen LogP contribution in [-0.4, -0.2) is 35.1 Å². The van der Waals surface area contributed by atoms with Crippen LogP contribution >= 0.6 is 0 Å². The molecule has 2 amide bonds. The normalized spacial score (nSPS) is 13.5. The highest BCUT2D eigenvalue weighted by molar-refractivity contribution is 7.92. The molecule has 1 aliphatic heterocycles. The molecule has 0 bridgehead atoms. The van der Waals surface area contributed by atoms with Crippen LogP contribution in [0.4, 0.5) is 5.82 Å². The predicted molar refractivity (Wildman–Crippen MR) is 105 cm³/mol. The molecule has 9 heteroatoms. The Morgan fingerprint density at radius 1 is 0.931 bits per heavy atom. The van der Waals surface area contributed by atoms with E-state index in [2.05, 4.69) is 14.7 Å². The quantitative estimate of drug-likeness (QED) is 0.649. The summed E-state index contributed by atoms with van der Waals surface area (Å²) in [6.07, 6.45) is 2.97. The molecule has 0 radical (unpaired) electrons. The predicted octanol–water partition coefficient (Wildman–Crippen LogP) is 2.38. The van der Waals surface area contributed by atoms with Gasteiger partial charge in [0, 0.05) is 12.4 Å². The maximum absolute atomic E-state index is 12.6. The minimum atomic E-state index is -3.82. The van der Waals surface area contributed by atoms with E-state index in [1.165, 1.54) is 24.5 Å². The van der Waals surface area contributed by atoms with Crippen molar-refractivity contribution >= 4 is 27.7 Å². The first-order valence-electron chi connectivity index (χ1n) is 8.71. The molecule has 0 saturated carbocycles. The van der Waals surface area contributed by atoms with Gasteiger partial charge in [0.25, 0.3) is 21.8 Å². The van der Waals surface area contributed by atoms with Crippen molar-refractivity contribution in [3.8, 4) is 0 Å². The molecule has 3 aromatic rings. The lowest BCUT2D eigenvalue weighted by Gasteiger charge is -2.14. The van der Waals surface area contributed by atoms with Gasteiger partial charge in [-0.05, 0) is 48.4 Å². The van der Waals surface area contributed by atoms with Crippen molar-refractivity contribution in [3.63, 3.8) is 0 Å². The lowest BCUT2D eigenvalue weighted by molar-refractivity contribution is 0.0640. The number of sulfonamides is 1. The third-order valence-corrected chi connectivity index (χ3v) is 5.90. The van der Waals surface area contributed by atoms with E-state index in [0.717, 1.165) is 4.90 Å². The molecule has 1 aromatic carbocycles. The molecular weight excluding hydrogens is 392 g/mol. The van der Waals surface area contributed by atoms with Gasteiger partial charge in [-0.15, -0.1) is 0 Å². The fraction of sp³-hybridized carbons (Fsp3) is 0.100. The molecule has 1 N–H and O–H groups in total. The largest absolute Gasteiger partial charge is 0.280 e. The van der Waals surface area contributed by atoms with Crippen LogP contribution in [0.1, 0.15) is 32.0 Å². The highest BCUT2D eigenvalue weighted by Crippen LogP contribution is 2.23. The Morgan fingerprint density at radius 2 is 1.62 bits per heavy atom. The van der Waals surface area contributed by atoms with Crippen molar-refractivity contribution in [2.24, 2.45) is 0 Å². The number of rotatable bonds is 5. The van der Waals surface area contributed by atoms with Crippen molar-refractivity contribution < 1.29 is 18.0 Å². The summed E-state index contributed by atoms with van der Waals surface area (Å²) in [4.78, 5) is 34.0. The van der Waals surface area contributed by atoms with Crippen molar-refractivity contribution in [1.29, 1.82) is 0 Å². The number of aryl methyl sites for hydroxylation is 1. The van der Waals surface area contributed by atoms with Gasteiger partial charge in [-0.1, -0.05) is 18.2 Å². The molecule has 0 aliphatic carbocycles. The molecule has 1 aliphatic rings. The van der Waals surface area contributed by atoms with Gasteiger partial charge in [0.15, 0.2) is 0 Å². The van der Waals surface area contributed by atoms with Crippen LogP contribution in [0.3, 0.4) is 0 Å². The van der Waals surface area contributed by atoms with Gasteiger partial charge < -0.3 is 0 Å². The van der Waals surface area contributed by atoms with Crippen LogP contribution in [0.25, 0.3) is 0 Å². The lowest BCUT2D eigenvalue weighted by atomic mass is 10.2. The second kappa shape index (κ2) is 7.10. The number of hydrogen-bond acceptors (Lipinski definition) is 6. The number of aromatic nitrogens is 2. The summed E-state index contributed by atoms with van der Waals surface area (Å²) in [7, 11) is -3.82. The van der Waals surface area contributed by atoms with Gasteiger partial charge >= 0.3 is 0 Å². The van der Waals surface area contributed by atoms with Crippen molar-refractivity contribution in [2.75, 3.05) is 4.72 Å².